The van der Waals surface area contributed by atoms with Crippen LogP contribution in [0.2, 0.25) is 0 Å². The second kappa shape index (κ2) is 10.7. The summed E-state index contributed by atoms with van der Waals surface area (Å²) in [6.45, 7) is 14.5. The molecule has 0 saturated heterocycles. The molecule has 2 aliphatic heterocycles. The van der Waals surface area contributed by atoms with Gasteiger partial charge in [0, 0.05) is 39.8 Å². The van der Waals surface area contributed by atoms with Gasteiger partial charge in [-0.05, 0) is 86.9 Å². The Morgan fingerprint density at radius 3 is 2.62 bits per heavy atom. The van der Waals surface area contributed by atoms with Crippen molar-refractivity contribution in [3.63, 3.8) is 0 Å². The van der Waals surface area contributed by atoms with Crippen LogP contribution in [0.15, 0.2) is 75.9 Å². The maximum absolute atomic E-state index is 7.92. The second-order valence-electron chi connectivity index (χ2n) is 11.2. The van der Waals surface area contributed by atoms with Gasteiger partial charge >= 0.3 is 0 Å². The predicted molar refractivity (Wildman–Crippen MR) is 160 cm³/mol. The Kier molecular flexibility index (Phi) is 7.30. The molecule has 202 valence electrons. The molecule has 1 unspecified atom stereocenters. The van der Waals surface area contributed by atoms with Gasteiger partial charge in [-0.15, -0.1) is 0 Å². The minimum absolute atomic E-state index is 0.117. The number of hydrogen-bond acceptors (Lipinski definition) is 6. The third-order valence-corrected chi connectivity index (χ3v) is 7.94. The lowest BCUT2D eigenvalue weighted by molar-refractivity contribution is 0.171. The number of allylic oxidation sites excluding steroid dienone is 5. The first kappa shape index (κ1) is 26.7. The van der Waals surface area contributed by atoms with E-state index in [4.69, 9.17) is 25.6 Å². The van der Waals surface area contributed by atoms with E-state index >= 15 is 0 Å². The van der Waals surface area contributed by atoms with E-state index < -0.39 is 0 Å². The summed E-state index contributed by atoms with van der Waals surface area (Å²) >= 11 is 0. The highest BCUT2D eigenvalue weighted by Gasteiger charge is 2.32. The molecular formula is C33H38N4O2. The Labute approximate surface area is 231 Å². The first-order valence-corrected chi connectivity index (χ1v) is 13.7. The highest BCUT2D eigenvalue weighted by atomic mass is 16.6. The Morgan fingerprint density at radius 2 is 1.90 bits per heavy atom. The maximum atomic E-state index is 7.92. The molecule has 0 fully saturated rings. The Balaban J connectivity index is 1.45. The van der Waals surface area contributed by atoms with Crippen LogP contribution in [0.5, 0.6) is 11.5 Å². The van der Waals surface area contributed by atoms with E-state index in [2.05, 4.69) is 50.6 Å². The lowest BCUT2D eigenvalue weighted by Crippen LogP contribution is -2.24. The molecule has 3 heterocycles. The summed E-state index contributed by atoms with van der Waals surface area (Å²) in [5.41, 5.74) is 17.6. The van der Waals surface area contributed by atoms with E-state index in [1.165, 1.54) is 17.4 Å². The normalized spacial score (nSPS) is 21.1. The van der Waals surface area contributed by atoms with E-state index in [-0.39, 0.29) is 5.41 Å². The van der Waals surface area contributed by atoms with E-state index in [1.54, 1.807) is 0 Å². The van der Waals surface area contributed by atoms with Crippen LogP contribution < -0.4 is 15.2 Å². The number of dihydropyridines is 1. The third kappa shape index (κ3) is 5.20. The van der Waals surface area contributed by atoms with Crippen molar-refractivity contribution in [2.24, 2.45) is 4.99 Å². The number of benzene rings is 1. The lowest BCUT2D eigenvalue weighted by atomic mass is 9.77. The average molecular weight is 523 g/mol. The van der Waals surface area contributed by atoms with Gasteiger partial charge in [-0.1, -0.05) is 37.3 Å². The van der Waals surface area contributed by atoms with Crippen LogP contribution in [-0.4, -0.2) is 36.7 Å². The molecule has 0 amide bonds. The van der Waals surface area contributed by atoms with Crippen LogP contribution in [-0.2, 0) is 5.41 Å². The summed E-state index contributed by atoms with van der Waals surface area (Å²) in [4.78, 5) is 9.72. The number of pyridine rings is 1. The Hall–Kier alpha value is -3.93. The van der Waals surface area contributed by atoms with Gasteiger partial charge in [0.25, 0.3) is 0 Å². The molecule has 3 N–H and O–H groups in total. The number of nitrogens with zero attached hydrogens (tertiary/aromatic N) is 2. The van der Waals surface area contributed by atoms with Crippen molar-refractivity contribution in [3.8, 4) is 22.6 Å². The van der Waals surface area contributed by atoms with Gasteiger partial charge < -0.3 is 20.6 Å². The number of rotatable bonds is 5. The van der Waals surface area contributed by atoms with Gasteiger partial charge in [-0.3, -0.25) is 9.98 Å². The zero-order valence-electron chi connectivity index (χ0n) is 23.5. The van der Waals surface area contributed by atoms with Gasteiger partial charge in [0.15, 0.2) is 11.5 Å². The summed E-state index contributed by atoms with van der Waals surface area (Å²) in [5.74, 6) is 1.51. The molecule has 39 heavy (non-hydrogen) atoms. The number of nitrogen functional groups attached to an aromatic ring is 1. The number of fused-ring (bicyclic) bond motifs is 1. The van der Waals surface area contributed by atoms with Crippen LogP contribution in [0.25, 0.3) is 11.1 Å². The minimum Gasteiger partial charge on any atom is -0.486 e. The summed E-state index contributed by atoms with van der Waals surface area (Å²) < 4.78 is 11.5. The Bertz CT molecular complexity index is 1450. The fourth-order valence-electron chi connectivity index (χ4n) is 5.89. The molecule has 6 heteroatoms. The van der Waals surface area contributed by atoms with Gasteiger partial charge in [-0.2, -0.15) is 0 Å². The third-order valence-electron chi connectivity index (χ3n) is 7.94. The zero-order chi connectivity index (χ0) is 27.7. The van der Waals surface area contributed by atoms with Crippen molar-refractivity contribution in [1.82, 2.24) is 4.98 Å². The predicted octanol–water partition coefficient (Wildman–Crippen LogP) is 7.09. The maximum Gasteiger partial charge on any atom is 0.161 e. The fourth-order valence-corrected chi connectivity index (χ4v) is 5.89. The van der Waals surface area contributed by atoms with Crippen molar-refractivity contribution < 1.29 is 9.47 Å². The van der Waals surface area contributed by atoms with Crippen LogP contribution in [0.3, 0.4) is 0 Å². The molecule has 5 rings (SSSR count). The molecule has 1 aromatic carbocycles. The van der Waals surface area contributed by atoms with Crippen LogP contribution in [0.1, 0.15) is 57.8 Å². The molecule has 2 aromatic rings. The number of anilines is 1. The summed E-state index contributed by atoms with van der Waals surface area (Å²) in [6, 6.07) is 8.04. The summed E-state index contributed by atoms with van der Waals surface area (Å²) in [5, 5.41) is 7.92. The number of aliphatic imine (C=N–C) groups is 1. The molecule has 1 aliphatic carbocycles. The van der Waals surface area contributed by atoms with Crippen molar-refractivity contribution in [2.45, 2.75) is 58.8 Å². The number of ether oxygens (including phenoxy) is 2. The van der Waals surface area contributed by atoms with Gasteiger partial charge in [0.05, 0.1) is 12.3 Å². The highest BCUT2D eigenvalue weighted by molar-refractivity contribution is 6.39. The van der Waals surface area contributed by atoms with Crippen LogP contribution in [0.4, 0.5) is 5.69 Å². The Morgan fingerprint density at radius 1 is 1.13 bits per heavy atom. The molecule has 0 bridgehead atoms. The van der Waals surface area contributed by atoms with Crippen molar-refractivity contribution in [2.75, 3.05) is 25.5 Å². The first-order chi connectivity index (χ1) is 18.7. The number of hydrogen-bond donors (Lipinski definition) is 2. The molecule has 0 radical (unpaired) electrons. The smallest absolute Gasteiger partial charge is 0.161 e. The number of aryl methyl sites for hydroxylation is 1. The molecule has 1 aromatic heterocycles. The van der Waals surface area contributed by atoms with E-state index in [1.807, 2.05) is 25.1 Å². The molecule has 0 saturated carbocycles. The van der Waals surface area contributed by atoms with Crippen molar-refractivity contribution in [3.05, 3.63) is 82.2 Å². The molecular weight excluding hydrogens is 484 g/mol. The average Bonchev–Trinajstić information content (AvgIpc) is 3.10. The second-order valence-corrected chi connectivity index (χ2v) is 11.2. The molecule has 1 atom stereocenters. The largest absolute Gasteiger partial charge is 0.486 e. The molecule has 3 aliphatic rings. The number of aromatic nitrogens is 1. The molecule has 0 spiro atoms. The van der Waals surface area contributed by atoms with Crippen LogP contribution >= 0.6 is 0 Å². The quantitative estimate of drug-likeness (QED) is 0.410. The first-order valence-electron chi connectivity index (χ1n) is 13.7. The van der Waals surface area contributed by atoms with Gasteiger partial charge in [0.2, 0.25) is 0 Å². The van der Waals surface area contributed by atoms with Gasteiger partial charge in [0.1, 0.15) is 13.2 Å². The monoisotopic (exact) mass is 522 g/mol. The number of nitrogens with two attached hydrogens (primary N) is 1. The van der Waals surface area contributed by atoms with Crippen molar-refractivity contribution in [1.29, 1.82) is 5.41 Å². The van der Waals surface area contributed by atoms with E-state index in [0.717, 1.165) is 87.8 Å². The zero-order valence-corrected chi connectivity index (χ0v) is 23.5. The summed E-state index contributed by atoms with van der Waals surface area (Å²) in [7, 11) is 0. The van der Waals surface area contributed by atoms with Gasteiger partial charge in [-0.25, -0.2) is 0 Å². The molecule has 6 nitrogen and oxygen atoms in total. The standard InChI is InChI=1S/C33H38N4O2/c1-20(2)15-25-27(18-34)36-19-21(3)31(25)23-7-6-11-33(5,12-10-23)30-17-26(35)32(22(4)37-30)24-8-9-28-29(16-24)39-14-13-38-28/h7-9,15-18,34H,3,6,10-14,19H2,1-2,4-5H3,(H2,35,37). The SMILES string of the molecule is C=C1CN=C(C=N)C(C=C(C)C)=C1C1=CCCC(C)(c2cc(N)c(-c3ccc4c(c3)OCCO4)c(C)n2)CC1. The summed E-state index contributed by atoms with van der Waals surface area (Å²) in [6.07, 6.45) is 9.63. The minimum atomic E-state index is -0.117. The lowest BCUT2D eigenvalue weighted by Gasteiger charge is -2.30. The van der Waals surface area contributed by atoms with Crippen LogP contribution in [0, 0.1) is 12.3 Å². The van der Waals surface area contributed by atoms with E-state index in [9.17, 15) is 0 Å². The fraction of sp³-hybridized carbons (Fsp3) is 0.364. The van der Waals surface area contributed by atoms with Crippen molar-refractivity contribution >= 4 is 17.6 Å². The number of nitrogens with one attached hydrogen (secondary N) is 1. The van der Waals surface area contributed by atoms with E-state index in [0.29, 0.717) is 19.8 Å². The topological polar surface area (TPSA) is 93.6 Å². The highest BCUT2D eigenvalue weighted by Crippen LogP contribution is 2.43.